The van der Waals surface area contributed by atoms with E-state index in [1.165, 1.54) is 12.8 Å². The topological polar surface area (TPSA) is 55.1 Å². The molecule has 3 N–H and O–H groups in total. The van der Waals surface area contributed by atoms with Crippen LogP contribution in [0.2, 0.25) is 0 Å². The molecule has 0 spiro atoms. The minimum absolute atomic E-state index is 0.0897. The average Bonchev–Trinajstić information content (AvgIpc) is 2.67. The summed E-state index contributed by atoms with van der Waals surface area (Å²) in [6, 6.07) is 0.0987. The molecular weight excluding hydrogens is 140 g/mol. The van der Waals surface area contributed by atoms with Crippen molar-refractivity contribution in [3.05, 3.63) is 0 Å². The second-order valence-electron chi connectivity index (χ2n) is 3.16. The first-order valence-electron chi connectivity index (χ1n) is 4.26. The lowest BCUT2D eigenvalue weighted by Gasteiger charge is -2.08. The molecule has 0 bridgehead atoms. The van der Waals surface area contributed by atoms with Crippen molar-refractivity contribution in [2.45, 2.75) is 32.2 Å². The molecular formula is C8H16N2O. The molecule has 0 saturated heterocycles. The summed E-state index contributed by atoms with van der Waals surface area (Å²) in [6.45, 7) is 2.62. The Balaban J connectivity index is 2.12. The van der Waals surface area contributed by atoms with Gasteiger partial charge in [0.2, 0.25) is 5.91 Å². The molecule has 1 fully saturated rings. The van der Waals surface area contributed by atoms with Crippen LogP contribution in [0.5, 0.6) is 0 Å². The van der Waals surface area contributed by atoms with Gasteiger partial charge >= 0.3 is 0 Å². The standard InChI is InChI=1S/C8H16N2O/c1-2-10-8(11)5-7(9)6-3-4-6/h6-7H,2-5,9H2,1H3,(H,10,11). The fourth-order valence-electron chi connectivity index (χ4n) is 1.17. The van der Waals surface area contributed by atoms with Crippen LogP contribution < -0.4 is 11.1 Å². The van der Waals surface area contributed by atoms with Crippen LogP contribution in [0.3, 0.4) is 0 Å². The molecule has 0 radical (unpaired) electrons. The number of amides is 1. The predicted octanol–water partition coefficient (Wildman–Crippen LogP) is 0.250. The summed E-state index contributed by atoms with van der Waals surface area (Å²) >= 11 is 0. The van der Waals surface area contributed by atoms with Gasteiger partial charge in [-0.15, -0.1) is 0 Å². The van der Waals surface area contributed by atoms with E-state index in [-0.39, 0.29) is 11.9 Å². The first-order chi connectivity index (χ1) is 5.24. The van der Waals surface area contributed by atoms with Crippen LogP contribution in [0.25, 0.3) is 0 Å². The van der Waals surface area contributed by atoms with Crippen molar-refractivity contribution in [1.82, 2.24) is 5.32 Å². The van der Waals surface area contributed by atoms with E-state index >= 15 is 0 Å². The highest BCUT2D eigenvalue weighted by Gasteiger charge is 2.29. The van der Waals surface area contributed by atoms with Crippen molar-refractivity contribution in [3.8, 4) is 0 Å². The van der Waals surface area contributed by atoms with Gasteiger partial charge in [0.1, 0.15) is 0 Å². The van der Waals surface area contributed by atoms with Gasteiger partial charge in [-0.2, -0.15) is 0 Å². The molecule has 1 atom stereocenters. The van der Waals surface area contributed by atoms with E-state index < -0.39 is 0 Å². The van der Waals surface area contributed by atoms with Crippen molar-refractivity contribution in [3.63, 3.8) is 0 Å². The number of hydrogen-bond donors (Lipinski definition) is 2. The highest BCUT2D eigenvalue weighted by atomic mass is 16.1. The Labute approximate surface area is 67.3 Å². The van der Waals surface area contributed by atoms with Crippen LogP contribution in [-0.2, 0) is 4.79 Å². The molecule has 1 rings (SSSR count). The fourth-order valence-corrected chi connectivity index (χ4v) is 1.17. The van der Waals surface area contributed by atoms with E-state index in [9.17, 15) is 4.79 Å². The van der Waals surface area contributed by atoms with E-state index in [0.29, 0.717) is 18.9 Å². The van der Waals surface area contributed by atoms with Gasteiger partial charge in [-0.3, -0.25) is 4.79 Å². The molecule has 1 unspecified atom stereocenters. The Bertz CT molecular complexity index is 143. The monoisotopic (exact) mass is 156 g/mol. The molecule has 1 saturated carbocycles. The molecule has 0 aromatic carbocycles. The van der Waals surface area contributed by atoms with E-state index in [1.54, 1.807) is 0 Å². The Morgan fingerprint density at radius 1 is 1.73 bits per heavy atom. The summed E-state index contributed by atoms with van der Waals surface area (Å²) in [7, 11) is 0. The fraction of sp³-hybridized carbons (Fsp3) is 0.875. The van der Waals surface area contributed by atoms with Crippen LogP contribution in [0.15, 0.2) is 0 Å². The largest absolute Gasteiger partial charge is 0.356 e. The first kappa shape index (κ1) is 8.53. The molecule has 64 valence electrons. The molecule has 3 nitrogen and oxygen atoms in total. The lowest BCUT2D eigenvalue weighted by atomic mass is 10.1. The average molecular weight is 156 g/mol. The lowest BCUT2D eigenvalue weighted by Crippen LogP contribution is -2.32. The van der Waals surface area contributed by atoms with Gasteiger partial charge in [-0.1, -0.05) is 0 Å². The summed E-state index contributed by atoms with van der Waals surface area (Å²) in [5.41, 5.74) is 5.75. The van der Waals surface area contributed by atoms with E-state index in [0.717, 1.165) is 0 Å². The molecule has 0 aromatic rings. The Hall–Kier alpha value is -0.570. The molecule has 11 heavy (non-hydrogen) atoms. The number of nitrogens with one attached hydrogen (secondary N) is 1. The quantitative estimate of drug-likeness (QED) is 0.613. The number of carbonyl (C=O) groups is 1. The molecule has 1 aliphatic rings. The zero-order valence-electron chi connectivity index (χ0n) is 6.97. The number of carbonyl (C=O) groups excluding carboxylic acids is 1. The number of nitrogens with two attached hydrogens (primary N) is 1. The van der Waals surface area contributed by atoms with Crippen molar-refractivity contribution in [2.75, 3.05) is 6.54 Å². The van der Waals surface area contributed by atoms with Crippen LogP contribution in [0, 0.1) is 5.92 Å². The second kappa shape index (κ2) is 3.72. The number of hydrogen-bond acceptors (Lipinski definition) is 2. The van der Waals surface area contributed by atoms with Crippen molar-refractivity contribution in [1.29, 1.82) is 0 Å². The maximum Gasteiger partial charge on any atom is 0.221 e. The highest BCUT2D eigenvalue weighted by molar-refractivity contribution is 5.76. The van der Waals surface area contributed by atoms with Gasteiger partial charge < -0.3 is 11.1 Å². The summed E-state index contributed by atoms with van der Waals surface area (Å²) in [4.78, 5) is 11.0. The van der Waals surface area contributed by atoms with Crippen LogP contribution in [0.4, 0.5) is 0 Å². The highest BCUT2D eigenvalue weighted by Crippen LogP contribution is 2.32. The van der Waals surface area contributed by atoms with Gasteiger partial charge in [0, 0.05) is 19.0 Å². The summed E-state index contributed by atoms with van der Waals surface area (Å²) in [5, 5.41) is 2.74. The van der Waals surface area contributed by atoms with Crippen molar-refractivity contribution in [2.24, 2.45) is 11.7 Å². The molecule has 1 aliphatic carbocycles. The smallest absolute Gasteiger partial charge is 0.221 e. The Kier molecular flexibility index (Phi) is 2.88. The van der Waals surface area contributed by atoms with Gasteiger partial charge in [0.25, 0.3) is 0 Å². The molecule has 0 aromatic heterocycles. The summed E-state index contributed by atoms with van der Waals surface area (Å²) < 4.78 is 0. The number of rotatable bonds is 4. The minimum Gasteiger partial charge on any atom is -0.356 e. The molecule has 0 aliphatic heterocycles. The van der Waals surface area contributed by atoms with Gasteiger partial charge in [-0.25, -0.2) is 0 Å². The third-order valence-corrected chi connectivity index (χ3v) is 2.02. The van der Waals surface area contributed by atoms with Gasteiger partial charge in [0.15, 0.2) is 0 Å². The zero-order chi connectivity index (χ0) is 8.27. The van der Waals surface area contributed by atoms with Gasteiger partial charge in [0.05, 0.1) is 0 Å². The van der Waals surface area contributed by atoms with Crippen LogP contribution in [0.1, 0.15) is 26.2 Å². The molecule has 3 heteroatoms. The van der Waals surface area contributed by atoms with Crippen molar-refractivity contribution >= 4 is 5.91 Å². The third kappa shape index (κ3) is 2.89. The predicted molar refractivity (Wildman–Crippen MR) is 44.0 cm³/mol. The maximum atomic E-state index is 11.0. The van der Waals surface area contributed by atoms with Crippen molar-refractivity contribution < 1.29 is 4.79 Å². The second-order valence-corrected chi connectivity index (χ2v) is 3.16. The van der Waals surface area contributed by atoms with Gasteiger partial charge in [-0.05, 0) is 25.7 Å². The first-order valence-corrected chi connectivity index (χ1v) is 4.26. The maximum absolute atomic E-state index is 11.0. The van der Waals surface area contributed by atoms with Crippen LogP contribution >= 0.6 is 0 Å². The zero-order valence-corrected chi connectivity index (χ0v) is 6.97. The lowest BCUT2D eigenvalue weighted by molar-refractivity contribution is -0.121. The van der Waals surface area contributed by atoms with E-state index in [1.807, 2.05) is 6.92 Å². The molecule has 0 heterocycles. The third-order valence-electron chi connectivity index (χ3n) is 2.02. The summed E-state index contributed by atoms with van der Waals surface area (Å²) in [6.07, 6.45) is 2.92. The molecule has 1 amide bonds. The normalized spacial score (nSPS) is 19.5. The Morgan fingerprint density at radius 2 is 2.36 bits per heavy atom. The minimum atomic E-state index is 0.0897. The SMILES string of the molecule is CCNC(=O)CC(N)C1CC1. The summed E-state index contributed by atoms with van der Waals surface area (Å²) in [5.74, 6) is 0.713. The van der Waals surface area contributed by atoms with Crippen LogP contribution in [-0.4, -0.2) is 18.5 Å². The van der Waals surface area contributed by atoms with E-state index in [2.05, 4.69) is 5.32 Å². The Morgan fingerprint density at radius 3 is 2.82 bits per heavy atom. The van der Waals surface area contributed by atoms with E-state index in [4.69, 9.17) is 5.73 Å².